The summed E-state index contributed by atoms with van der Waals surface area (Å²) in [6.07, 6.45) is -2.44. The van der Waals surface area contributed by atoms with Crippen molar-refractivity contribution in [1.82, 2.24) is 0 Å². The van der Waals surface area contributed by atoms with Gasteiger partial charge in [-0.2, -0.15) is 5.26 Å². The Balaban J connectivity index is 3.56. The van der Waals surface area contributed by atoms with Crippen molar-refractivity contribution in [3.05, 3.63) is 34.4 Å². The molecule has 1 rings (SSSR count). The molecule has 0 aliphatic carbocycles. The van der Waals surface area contributed by atoms with Crippen LogP contribution in [-0.4, -0.2) is 13.1 Å². The first-order chi connectivity index (χ1) is 8.06. The van der Waals surface area contributed by atoms with E-state index in [4.69, 9.17) is 5.26 Å². The molecule has 90 valence electrons. The van der Waals surface area contributed by atoms with E-state index in [1.165, 1.54) is 12.1 Å². The molecule has 1 aromatic carbocycles. The van der Waals surface area contributed by atoms with Gasteiger partial charge in [-0.1, -0.05) is 13.0 Å². The van der Waals surface area contributed by atoms with Crippen LogP contribution in [0.4, 0.5) is 8.78 Å². The number of ether oxygens (including phenoxy) is 1. The lowest BCUT2D eigenvalue weighted by Crippen LogP contribution is -2.11. The largest absolute Gasteiger partial charge is 0.465 e. The molecule has 0 aliphatic heterocycles. The van der Waals surface area contributed by atoms with E-state index in [0.717, 1.165) is 7.11 Å². The summed E-state index contributed by atoms with van der Waals surface area (Å²) in [5, 5.41) is 8.87. The summed E-state index contributed by atoms with van der Waals surface area (Å²) in [5.74, 6) is -0.763. The normalized spacial score (nSPS) is 10.1. The minimum atomic E-state index is -2.68. The van der Waals surface area contributed by atoms with Gasteiger partial charge in [-0.05, 0) is 18.1 Å². The van der Waals surface area contributed by atoms with Crippen LogP contribution in [0.3, 0.4) is 0 Å². The van der Waals surface area contributed by atoms with E-state index in [1.807, 2.05) is 0 Å². The van der Waals surface area contributed by atoms with E-state index in [1.54, 1.807) is 13.0 Å². The fourth-order valence-corrected chi connectivity index (χ4v) is 1.68. The summed E-state index contributed by atoms with van der Waals surface area (Å²) in [4.78, 5) is 11.5. The SMILES string of the molecule is CCc1c(C(F)F)ccc(C#N)c1C(=O)OC. The van der Waals surface area contributed by atoms with Crippen molar-refractivity contribution < 1.29 is 18.3 Å². The van der Waals surface area contributed by atoms with Gasteiger partial charge in [-0.25, -0.2) is 13.6 Å². The topological polar surface area (TPSA) is 50.1 Å². The molecule has 0 amide bonds. The highest BCUT2D eigenvalue weighted by Gasteiger charge is 2.22. The van der Waals surface area contributed by atoms with Gasteiger partial charge < -0.3 is 4.74 Å². The molecule has 3 nitrogen and oxygen atoms in total. The number of hydrogen-bond acceptors (Lipinski definition) is 3. The highest BCUT2D eigenvalue weighted by atomic mass is 19.3. The molecule has 0 aromatic heterocycles. The van der Waals surface area contributed by atoms with E-state index >= 15 is 0 Å². The average Bonchev–Trinajstić information content (AvgIpc) is 2.35. The monoisotopic (exact) mass is 239 g/mol. The predicted octanol–water partition coefficient (Wildman–Crippen LogP) is 2.84. The van der Waals surface area contributed by atoms with E-state index in [9.17, 15) is 13.6 Å². The van der Waals surface area contributed by atoms with Crippen LogP contribution in [0.25, 0.3) is 0 Å². The number of halogens is 2. The van der Waals surface area contributed by atoms with Crippen molar-refractivity contribution in [2.24, 2.45) is 0 Å². The third kappa shape index (κ3) is 2.41. The van der Waals surface area contributed by atoms with Gasteiger partial charge in [-0.15, -0.1) is 0 Å². The molecule has 5 heteroatoms. The Bertz CT molecular complexity index is 478. The third-order valence-corrected chi connectivity index (χ3v) is 2.45. The van der Waals surface area contributed by atoms with Gasteiger partial charge in [0.15, 0.2) is 0 Å². The van der Waals surface area contributed by atoms with Crippen LogP contribution in [0.2, 0.25) is 0 Å². The number of carbonyl (C=O) groups is 1. The van der Waals surface area contributed by atoms with Crippen molar-refractivity contribution in [3.8, 4) is 6.07 Å². The molecule has 0 spiro atoms. The Hall–Kier alpha value is -1.96. The van der Waals surface area contributed by atoms with Crippen molar-refractivity contribution in [2.75, 3.05) is 7.11 Å². The molecule has 17 heavy (non-hydrogen) atoms. The lowest BCUT2D eigenvalue weighted by Gasteiger charge is -2.12. The van der Waals surface area contributed by atoms with Crippen molar-refractivity contribution in [1.29, 1.82) is 5.26 Å². The molecule has 0 saturated heterocycles. The third-order valence-electron chi connectivity index (χ3n) is 2.45. The molecule has 1 aromatic rings. The number of alkyl halides is 2. The summed E-state index contributed by atoms with van der Waals surface area (Å²) < 4.78 is 30.0. The Morgan fingerprint density at radius 2 is 2.18 bits per heavy atom. The first-order valence-electron chi connectivity index (χ1n) is 4.99. The second-order valence-corrected chi connectivity index (χ2v) is 3.31. The van der Waals surface area contributed by atoms with Crippen molar-refractivity contribution in [3.63, 3.8) is 0 Å². The number of rotatable bonds is 3. The van der Waals surface area contributed by atoms with E-state index in [2.05, 4.69) is 4.74 Å². The predicted molar refractivity (Wildman–Crippen MR) is 56.8 cm³/mol. The average molecular weight is 239 g/mol. The summed E-state index contributed by atoms with van der Waals surface area (Å²) >= 11 is 0. The second kappa shape index (κ2) is 5.39. The maximum absolute atomic E-state index is 12.8. The number of benzene rings is 1. The number of nitrogens with zero attached hydrogens (tertiary/aromatic N) is 1. The van der Waals surface area contributed by atoms with Gasteiger partial charge >= 0.3 is 5.97 Å². The number of methoxy groups -OCH3 is 1. The van der Waals surface area contributed by atoms with Gasteiger partial charge in [0.25, 0.3) is 6.43 Å². The minimum Gasteiger partial charge on any atom is -0.465 e. The molecule has 0 N–H and O–H groups in total. The van der Waals surface area contributed by atoms with Crippen LogP contribution in [0.15, 0.2) is 12.1 Å². The zero-order valence-corrected chi connectivity index (χ0v) is 9.46. The lowest BCUT2D eigenvalue weighted by molar-refractivity contribution is 0.0598. The summed E-state index contributed by atoms with van der Waals surface area (Å²) in [7, 11) is 1.15. The minimum absolute atomic E-state index is 0.0538. The highest BCUT2D eigenvalue weighted by molar-refractivity contribution is 5.94. The van der Waals surface area contributed by atoms with Crippen LogP contribution < -0.4 is 0 Å². The fourth-order valence-electron chi connectivity index (χ4n) is 1.68. The first-order valence-corrected chi connectivity index (χ1v) is 4.99. The van der Waals surface area contributed by atoms with Gasteiger partial charge in [0.1, 0.15) is 6.07 Å². The molecule has 0 fully saturated rings. The molecule has 0 aliphatic rings. The maximum atomic E-state index is 12.8. The number of esters is 1. The van der Waals surface area contributed by atoms with Crippen LogP contribution in [0.5, 0.6) is 0 Å². The van der Waals surface area contributed by atoms with Gasteiger partial charge in [0.2, 0.25) is 0 Å². The molecule has 0 radical (unpaired) electrons. The maximum Gasteiger partial charge on any atom is 0.339 e. The standard InChI is InChI=1S/C12H11F2NO2/c1-3-8-9(11(13)14)5-4-7(6-15)10(8)12(16)17-2/h4-5,11H,3H2,1-2H3. The lowest BCUT2D eigenvalue weighted by atomic mass is 9.94. The van der Waals surface area contributed by atoms with Gasteiger partial charge in [0.05, 0.1) is 18.2 Å². The highest BCUT2D eigenvalue weighted by Crippen LogP contribution is 2.28. The zero-order chi connectivity index (χ0) is 13.0. The van der Waals surface area contributed by atoms with Gasteiger partial charge in [0, 0.05) is 5.56 Å². The van der Waals surface area contributed by atoms with Crippen molar-refractivity contribution >= 4 is 5.97 Å². The second-order valence-electron chi connectivity index (χ2n) is 3.31. The summed E-state index contributed by atoms with van der Waals surface area (Å²) in [6.45, 7) is 1.65. The number of nitriles is 1. The Kier molecular flexibility index (Phi) is 4.16. The summed E-state index contributed by atoms with van der Waals surface area (Å²) in [5.41, 5.74) is -0.0637. The van der Waals surface area contributed by atoms with E-state index in [-0.39, 0.29) is 28.7 Å². The molecule has 0 saturated carbocycles. The number of carbonyl (C=O) groups excluding carboxylic acids is 1. The van der Waals surface area contributed by atoms with Crippen LogP contribution in [0, 0.1) is 11.3 Å². The Morgan fingerprint density at radius 1 is 1.53 bits per heavy atom. The summed E-state index contributed by atoms with van der Waals surface area (Å²) in [6, 6.07) is 4.20. The van der Waals surface area contributed by atoms with Crippen LogP contribution in [-0.2, 0) is 11.2 Å². The quantitative estimate of drug-likeness (QED) is 0.762. The van der Waals surface area contributed by atoms with Crippen LogP contribution >= 0.6 is 0 Å². The molecular formula is C12H11F2NO2. The van der Waals surface area contributed by atoms with E-state index in [0.29, 0.717) is 0 Å². The zero-order valence-electron chi connectivity index (χ0n) is 9.46. The van der Waals surface area contributed by atoms with Crippen LogP contribution in [0.1, 0.15) is 40.4 Å². The molecular weight excluding hydrogens is 228 g/mol. The smallest absolute Gasteiger partial charge is 0.339 e. The van der Waals surface area contributed by atoms with Gasteiger partial charge in [-0.3, -0.25) is 0 Å². The molecule has 0 bridgehead atoms. The Labute approximate surface area is 97.6 Å². The Morgan fingerprint density at radius 3 is 2.59 bits per heavy atom. The number of hydrogen-bond donors (Lipinski definition) is 0. The molecule has 0 atom stereocenters. The fraction of sp³-hybridized carbons (Fsp3) is 0.333. The molecule has 0 unspecified atom stereocenters. The molecule has 0 heterocycles. The van der Waals surface area contributed by atoms with Crippen molar-refractivity contribution in [2.45, 2.75) is 19.8 Å². The van der Waals surface area contributed by atoms with E-state index < -0.39 is 12.4 Å². The first kappa shape index (κ1) is 13.1.